The molecule has 1 aromatic rings. The molecule has 0 radical (unpaired) electrons. The van der Waals surface area contributed by atoms with Crippen LogP contribution in [0.3, 0.4) is 0 Å². The fraction of sp³-hybridized carbons (Fsp3) is 0.778. The Kier molecular flexibility index (Phi) is 3.18. The van der Waals surface area contributed by atoms with Gasteiger partial charge in [0.1, 0.15) is 5.60 Å². The molecule has 0 aliphatic carbocycles. The molecule has 0 atom stereocenters. The molecule has 1 aromatic heterocycles. The number of aromatic nitrogens is 2. The van der Waals surface area contributed by atoms with Crippen molar-refractivity contribution < 1.29 is 9.47 Å². The van der Waals surface area contributed by atoms with Crippen LogP contribution in [-0.2, 0) is 15.1 Å². The van der Waals surface area contributed by atoms with E-state index in [1.54, 1.807) is 0 Å². The molecular formula is C9H15N3O2S. The Morgan fingerprint density at radius 3 is 2.80 bits per heavy atom. The van der Waals surface area contributed by atoms with Crippen LogP contribution in [0.1, 0.15) is 25.6 Å². The summed E-state index contributed by atoms with van der Waals surface area (Å²) in [6.45, 7) is 4.02. The van der Waals surface area contributed by atoms with Crippen LogP contribution in [0.4, 0.5) is 5.13 Å². The van der Waals surface area contributed by atoms with Crippen LogP contribution in [0, 0.1) is 0 Å². The van der Waals surface area contributed by atoms with E-state index in [1.807, 2.05) is 6.92 Å². The molecule has 6 heteroatoms. The third-order valence-corrected chi connectivity index (χ3v) is 3.11. The first-order valence-electron chi connectivity index (χ1n) is 5.08. The molecule has 1 aliphatic heterocycles. The molecule has 0 aromatic carbocycles. The van der Waals surface area contributed by atoms with Crippen molar-refractivity contribution in [1.29, 1.82) is 0 Å². The van der Waals surface area contributed by atoms with Gasteiger partial charge in [-0.2, -0.15) is 4.37 Å². The van der Waals surface area contributed by atoms with Gasteiger partial charge in [0.2, 0.25) is 0 Å². The zero-order chi connectivity index (χ0) is 10.7. The van der Waals surface area contributed by atoms with Gasteiger partial charge in [0, 0.05) is 44.2 Å². The van der Waals surface area contributed by atoms with E-state index in [1.165, 1.54) is 11.5 Å². The zero-order valence-electron chi connectivity index (χ0n) is 8.73. The summed E-state index contributed by atoms with van der Waals surface area (Å²) in [7, 11) is 0. The van der Waals surface area contributed by atoms with Crippen LogP contribution in [0.2, 0.25) is 0 Å². The maximum Gasteiger partial charge on any atom is 0.200 e. The number of nitrogen functional groups attached to an aromatic ring is 1. The highest BCUT2D eigenvalue weighted by atomic mass is 32.1. The molecule has 0 unspecified atom stereocenters. The maximum absolute atomic E-state index is 5.82. The van der Waals surface area contributed by atoms with Crippen molar-refractivity contribution in [2.45, 2.75) is 25.4 Å². The topological polar surface area (TPSA) is 70.3 Å². The number of hydrogen-bond donors (Lipinski definition) is 1. The Morgan fingerprint density at radius 1 is 1.53 bits per heavy atom. The Labute approximate surface area is 92.8 Å². The quantitative estimate of drug-likeness (QED) is 0.842. The van der Waals surface area contributed by atoms with Crippen LogP contribution in [0.5, 0.6) is 0 Å². The number of nitrogens with two attached hydrogens (primary N) is 1. The Balaban J connectivity index is 2.24. The lowest BCUT2D eigenvalue weighted by Gasteiger charge is -2.34. The number of nitrogens with zero attached hydrogens (tertiary/aromatic N) is 2. The van der Waals surface area contributed by atoms with Gasteiger partial charge in [0.25, 0.3) is 0 Å². The highest BCUT2D eigenvalue weighted by Gasteiger charge is 2.38. The molecule has 1 saturated heterocycles. The highest BCUT2D eigenvalue weighted by molar-refractivity contribution is 7.09. The summed E-state index contributed by atoms with van der Waals surface area (Å²) in [5.41, 5.74) is 5.22. The Hall–Kier alpha value is -0.720. The fourth-order valence-electron chi connectivity index (χ4n) is 1.83. The number of rotatable bonds is 3. The number of anilines is 1. The molecule has 2 rings (SSSR count). The average Bonchev–Trinajstić information content (AvgIpc) is 2.67. The predicted octanol–water partition coefficient (Wildman–Crippen LogP) is 1.16. The monoisotopic (exact) mass is 229 g/mol. The number of hydrogen-bond acceptors (Lipinski definition) is 6. The summed E-state index contributed by atoms with van der Waals surface area (Å²) in [4.78, 5) is 4.23. The van der Waals surface area contributed by atoms with Crippen LogP contribution in [-0.4, -0.2) is 29.2 Å². The summed E-state index contributed by atoms with van der Waals surface area (Å²) in [5.74, 6) is 0.718. The predicted molar refractivity (Wildman–Crippen MR) is 57.7 cm³/mol. The van der Waals surface area contributed by atoms with Gasteiger partial charge < -0.3 is 15.2 Å². The minimum Gasteiger partial charge on any atom is -0.381 e. The van der Waals surface area contributed by atoms with E-state index < -0.39 is 0 Å². The number of ether oxygens (including phenoxy) is 2. The molecule has 0 amide bonds. The lowest BCUT2D eigenvalue weighted by molar-refractivity contribution is -0.117. The van der Waals surface area contributed by atoms with Gasteiger partial charge in [-0.25, -0.2) is 4.98 Å². The van der Waals surface area contributed by atoms with E-state index in [-0.39, 0.29) is 5.60 Å². The smallest absolute Gasteiger partial charge is 0.200 e. The lowest BCUT2D eigenvalue weighted by Crippen LogP contribution is -2.37. The summed E-state index contributed by atoms with van der Waals surface area (Å²) >= 11 is 1.22. The van der Waals surface area contributed by atoms with E-state index >= 15 is 0 Å². The fourth-order valence-corrected chi connectivity index (χ4v) is 2.34. The third kappa shape index (κ3) is 2.11. The lowest BCUT2D eigenvalue weighted by atomic mass is 9.93. The first-order chi connectivity index (χ1) is 7.27. The maximum atomic E-state index is 5.82. The van der Waals surface area contributed by atoms with E-state index in [0.717, 1.165) is 18.7 Å². The molecule has 0 saturated carbocycles. The van der Waals surface area contributed by atoms with Gasteiger partial charge in [0.15, 0.2) is 11.0 Å². The molecule has 0 bridgehead atoms. The average molecular weight is 229 g/mol. The molecule has 1 aliphatic rings. The van der Waals surface area contributed by atoms with Crippen molar-refractivity contribution in [2.75, 3.05) is 25.6 Å². The van der Waals surface area contributed by atoms with Gasteiger partial charge in [0.05, 0.1) is 0 Å². The molecular weight excluding hydrogens is 214 g/mol. The summed E-state index contributed by atoms with van der Waals surface area (Å²) in [6, 6.07) is 0. The van der Waals surface area contributed by atoms with Crippen molar-refractivity contribution in [3.05, 3.63) is 5.82 Å². The van der Waals surface area contributed by atoms with Crippen LogP contribution in [0.15, 0.2) is 0 Å². The van der Waals surface area contributed by atoms with E-state index in [4.69, 9.17) is 15.2 Å². The first-order valence-corrected chi connectivity index (χ1v) is 5.85. The summed E-state index contributed by atoms with van der Waals surface area (Å²) < 4.78 is 15.4. The van der Waals surface area contributed by atoms with E-state index in [2.05, 4.69) is 9.36 Å². The second kappa shape index (κ2) is 4.42. The van der Waals surface area contributed by atoms with Gasteiger partial charge >= 0.3 is 0 Å². The van der Waals surface area contributed by atoms with E-state index in [0.29, 0.717) is 25.0 Å². The highest BCUT2D eigenvalue weighted by Crippen LogP contribution is 2.35. The van der Waals surface area contributed by atoms with Gasteiger partial charge in [-0.15, -0.1) is 0 Å². The molecule has 84 valence electrons. The zero-order valence-corrected chi connectivity index (χ0v) is 9.55. The minimum absolute atomic E-state index is 0.374. The molecule has 2 N–H and O–H groups in total. The second-order valence-electron chi connectivity index (χ2n) is 3.50. The Bertz CT molecular complexity index is 317. The van der Waals surface area contributed by atoms with Gasteiger partial charge in [-0.1, -0.05) is 0 Å². The molecule has 1 fully saturated rings. The van der Waals surface area contributed by atoms with Crippen LogP contribution >= 0.6 is 11.5 Å². The second-order valence-corrected chi connectivity index (χ2v) is 4.28. The standard InChI is InChI=1S/C9H15N3O2S/c1-2-14-9(3-5-13-6-4-9)7-11-8(10)15-12-7/h2-6H2,1H3,(H2,10,11,12). The third-order valence-electron chi connectivity index (χ3n) is 2.57. The van der Waals surface area contributed by atoms with Crippen molar-refractivity contribution in [3.63, 3.8) is 0 Å². The summed E-state index contributed by atoms with van der Waals surface area (Å²) in [6.07, 6.45) is 1.61. The largest absolute Gasteiger partial charge is 0.381 e. The first kappa shape index (κ1) is 10.8. The molecule has 15 heavy (non-hydrogen) atoms. The van der Waals surface area contributed by atoms with Crippen molar-refractivity contribution in [2.24, 2.45) is 0 Å². The van der Waals surface area contributed by atoms with Crippen LogP contribution in [0.25, 0.3) is 0 Å². The van der Waals surface area contributed by atoms with E-state index in [9.17, 15) is 0 Å². The van der Waals surface area contributed by atoms with Crippen molar-refractivity contribution in [3.8, 4) is 0 Å². The summed E-state index contributed by atoms with van der Waals surface area (Å²) in [5, 5.41) is 0.496. The van der Waals surface area contributed by atoms with Crippen LogP contribution < -0.4 is 5.73 Å². The minimum atomic E-state index is -0.374. The van der Waals surface area contributed by atoms with Crippen molar-refractivity contribution in [1.82, 2.24) is 9.36 Å². The normalized spacial score (nSPS) is 20.3. The van der Waals surface area contributed by atoms with Gasteiger partial charge in [-0.3, -0.25) is 0 Å². The SMILES string of the molecule is CCOC1(c2nsc(N)n2)CCOCC1. The molecule has 0 spiro atoms. The Morgan fingerprint density at radius 2 is 2.27 bits per heavy atom. The van der Waals surface area contributed by atoms with Gasteiger partial charge in [-0.05, 0) is 6.92 Å². The van der Waals surface area contributed by atoms with Crippen molar-refractivity contribution >= 4 is 16.7 Å². The molecule has 2 heterocycles. The molecule has 5 nitrogen and oxygen atoms in total.